The highest BCUT2D eigenvalue weighted by Crippen LogP contribution is 2.32. The zero-order valence-corrected chi connectivity index (χ0v) is 17.1. The van der Waals surface area contributed by atoms with Crippen LogP contribution in [-0.2, 0) is 24.2 Å². The van der Waals surface area contributed by atoms with Gasteiger partial charge in [-0.3, -0.25) is 4.79 Å². The minimum Gasteiger partial charge on any atom is -0.497 e. The maximum absolute atomic E-state index is 12.7. The van der Waals surface area contributed by atoms with E-state index in [9.17, 15) is 4.79 Å². The maximum Gasteiger partial charge on any atom is 0.226 e. The second kappa shape index (κ2) is 8.38. The third kappa shape index (κ3) is 4.57. The van der Waals surface area contributed by atoms with Gasteiger partial charge in [-0.1, -0.05) is 12.1 Å². The van der Waals surface area contributed by atoms with E-state index in [1.54, 1.807) is 7.11 Å². The Morgan fingerprint density at radius 1 is 1.18 bits per heavy atom. The Kier molecular flexibility index (Phi) is 5.69. The fourth-order valence-corrected chi connectivity index (χ4v) is 4.20. The van der Waals surface area contributed by atoms with Crippen molar-refractivity contribution in [2.75, 3.05) is 20.2 Å². The van der Waals surface area contributed by atoms with E-state index in [0.717, 1.165) is 56.1 Å². The summed E-state index contributed by atoms with van der Waals surface area (Å²) in [4.78, 5) is 19.4. The van der Waals surface area contributed by atoms with Crippen molar-refractivity contribution in [2.45, 2.75) is 52.0 Å². The minimum atomic E-state index is 0.220. The van der Waals surface area contributed by atoms with E-state index >= 15 is 0 Å². The molecule has 4 rings (SSSR count). The molecule has 1 aromatic heterocycles. The quantitative estimate of drug-likeness (QED) is 0.736. The Morgan fingerprint density at radius 2 is 1.96 bits per heavy atom. The van der Waals surface area contributed by atoms with E-state index in [0.29, 0.717) is 12.3 Å². The number of aromatic nitrogens is 2. The van der Waals surface area contributed by atoms with Crippen molar-refractivity contribution in [3.05, 3.63) is 47.5 Å². The number of hydrogen-bond acceptors (Lipinski definition) is 3. The zero-order chi connectivity index (χ0) is 19.5. The number of nitrogens with zero attached hydrogens (tertiary/aromatic N) is 3. The number of rotatable bonds is 7. The van der Waals surface area contributed by atoms with Crippen LogP contribution in [0.15, 0.2) is 30.5 Å². The van der Waals surface area contributed by atoms with Crippen molar-refractivity contribution in [2.24, 2.45) is 11.8 Å². The number of piperidine rings is 1. The maximum atomic E-state index is 12.7. The predicted molar refractivity (Wildman–Crippen MR) is 109 cm³/mol. The summed E-state index contributed by atoms with van der Waals surface area (Å²) in [5, 5.41) is 0. The van der Waals surface area contributed by atoms with Gasteiger partial charge in [-0.2, -0.15) is 0 Å². The van der Waals surface area contributed by atoms with Gasteiger partial charge in [-0.25, -0.2) is 4.98 Å². The number of amides is 1. The highest BCUT2D eigenvalue weighted by molar-refractivity contribution is 5.79. The molecule has 0 spiro atoms. The van der Waals surface area contributed by atoms with Crippen molar-refractivity contribution in [1.29, 1.82) is 0 Å². The molecule has 0 bridgehead atoms. The predicted octanol–water partition coefficient (Wildman–Crippen LogP) is 3.63. The van der Waals surface area contributed by atoms with Gasteiger partial charge >= 0.3 is 0 Å². The van der Waals surface area contributed by atoms with Crippen LogP contribution in [0.2, 0.25) is 0 Å². The topological polar surface area (TPSA) is 47.4 Å². The Hall–Kier alpha value is -2.30. The average molecular weight is 382 g/mol. The highest BCUT2D eigenvalue weighted by Gasteiger charge is 2.27. The third-order valence-electron chi connectivity index (χ3n) is 6.20. The van der Waals surface area contributed by atoms with Crippen LogP contribution in [0.5, 0.6) is 5.75 Å². The molecule has 5 heteroatoms. The Labute approximate surface area is 167 Å². The summed E-state index contributed by atoms with van der Waals surface area (Å²) in [6.07, 6.45) is 8.38. The first-order valence-corrected chi connectivity index (χ1v) is 10.5. The van der Waals surface area contributed by atoms with Crippen LogP contribution in [0, 0.1) is 18.8 Å². The summed E-state index contributed by atoms with van der Waals surface area (Å²) in [5.41, 5.74) is 2.30. The molecule has 2 heterocycles. The van der Waals surface area contributed by atoms with E-state index in [1.807, 2.05) is 35.4 Å². The van der Waals surface area contributed by atoms with Crippen LogP contribution < -0.4 is 4.74 Å². The molecule has 2 fully saturated rings. The molecule has 1 saturated carbocycles. The van der Waals surface area contributed by atoms with Crippen molar-refractivity contribution in [3.63, 3.8) is 0 Å². The number of methoxy groups -OCH3 is 1. The number of carbonyl (C=O) groups is 1. The van der Waals surface area contributed by atoms with Crippen LogP contribution in [0.3, 0.4) is 0 Å². The number of aryl methyl sites for hydroxylation is 1. The van der Waals surface area contributed by atoms with Gasteiger partial charge in [0.2, 0.25) is 5.91 Å². The fourth-order valence-electron chi connectivity index (χ4n) is 4.20. The first-order chi connectivity index (χ1) is 13.6. The van der Waals surface area contributed by atoms with Crippen LogP contribution >= 0.6 is 0 Å². The SMILES string of the molecule is COc1cccc(CC(=O)N2CCC(Cc3ncc(C)n3CC3CC3)CC2)c1. The van der Waals surface area contributed by atoms with Crippen LogP contribution in [0.4, 0.5) is 0 Å². The molecule has 1 aromatic carbocycles. The first-order valence-electron chi connectivity index (χ1n) is 10.5. The van der Waals surface area contributed by atoms with Gasteiger partial charge < -0.3 is 14.2 Å². The molecule has 150 valence electrons. The van der Waals surface area contributed by atoms with Gasteiger partial charge in [0.25, 0.3) is 0 Å². The van der Waals surface area contributed by atoms with Gasteiger partial charge in [-0.05, 0) is 62.1 Å². The van der Waals surface area contributed by atoms with Crippen LogP contribution in [0.1, 0.15) is 42.8 Å². The van der Waals surface area contributed by atoms with E-state index in [2.05, 4.69) is 16.5 Å². The largest absolute Gasteiger partial charge is 0.497 e. The van der Waals surface area contributed by atoms with Crippen molar-refractivity contribution >= 4 is 5.91 Å². The second-order valence-corrected chi connectivity index (χ2v) is 8.43. The lowest BCUT2D eigenvalue weighted by Gasteiger charge is -2.32. The minimum absolute atomic E-state index is 0.220. The molecule has 1 amide bonds. The van der Waals surface area contributed by atoms with Gasteiger partial charge in [0.15, 0.2) is 0 Å². The van der Waals surface area contributed by atoms with Crippen molar-refractivity contribution in [3.8, 4) is 5.75 Å². The molecule has 2 aliphatic rings. The Morgan fingerprint density at radius 3 is 2.68 bits per heavy atom. The number of likely N-dealkylation sites (tertiary alicyclic amines) is 1. The summed E-state index contributed by atoms with van der Waals surface area (Å²) in [5.74, 6) is 3.76. The van der Waals surface area contributed by atoms with Gasteiger partial charge in [0.1, 0.15) is 11.6 Å². The summed E-state index contributed by atoms with van der Waals surface area (Å²) in [6, 6.07) is 7.80. The molecule has 0 radical (unpaired) electrons. The number of benzene rings is 1. The van der Waals surface area contributed by atoms with Crippen LogP contribution in [-0.4, -0.2) is 40.6 Å². The van der Waals surface area contributed by atoms with Crippen molar-refractivity contribution < 1.29 is 9.53 Å². The molecule has 0 unspecified atom stereocenters. The van der Waals surface area contributed by atoms with Crippen LogP contribution in [0.25, 0.3) is 0 Å². The van der Waals surface area contributed by atoms with Gasteiger partial charge in [-0.15, -0.1) is 0 Å². The van der Waals surface area contributed by atoms with E-state index in [1.165, 1.54) is 24.4 Å². The smallest absolute Gasteiger partial charge is 0.226 e. The molecule has 1 aliphatic heterocycles. The van der Waals surface area contributed by atoms with Gasteiger partial charge in [0, 0.05) is 37.9 Å². The lowest BCUT2D eigenvalue weighted by atomic mass is 9.93. The zero-order valence-electron chi connectivity index (χ0n) is 17.1. The normalized spacial score (nSPS) is 17.7. The molecular formula is C23H31N3O2. The monoisotopic (exact) mass is 381 g/mol. The number of ether oxygens (including phenoxy) is 1. The second-order valence-electron chi connectivity index (χ2n) is 8.43. The number of carbonyl (C=O) groups excluding carboxylic acids is 1. The lowest BCUT2D eigenvalue weighted by molar-refractivity contribution is -0.131. The third-order valence-corrected chi connectivity index (χ3v) is 6.20. The number of hydrogen-bond donors (Lipinski definition) is 0. The highest BCUT2D eigenvalue weighted by atomic mass is 16.5. The standard InChI is InChI=1S/C23H31N3O2/c1-17-15-24-22(26(17)16-19-6-7-19)13-18-8-10-25(11-9-18)23(27)14-20-4-3-5-21(12-20)28-2/h3-5,12,15,18-19H,6-11,13-14,16H2,1-2H3. The summed E-state index contributed by atoms with van der Waals surface area (Å²) < 4.78 is 7.69. The molecule has 1 saturated heterocycles. The summed E-state index contributed by atoms with van der Waals surface area (Å²) in [7, 11) is 1.66. The number of imidazole rings is 1. The molecule has 5 nitrogen and oxygen atoms in total. The average Bonchev–Trinajstić information content (AvgIpc) is 3.48. The summed E-state index contributed by atoms with van der Waals surface area (Å²) in [6.45, 7) is 5.02. The van der Waals surface area contributed by atoms with E-state index < -0.39 is 0 Å². The molecule has 0 atom stereocenters. The molecule has 2 aromatic rings. The molecule has 0 N–H and O–H groups in total. The first kappa shape index (κ1) is 19.0. The Bertz CT molecular complexity index is 817. The lowest BCUT2D eigenvalue weighted by Crippen LogP contribution is -2.39. The molecule has 1 aliphatic carbocycles. The Balaban J connectivity index is 1.29. The van der Waals surface area contributed by atoms with E-state index in [-0.39, 0.29) is 5.91 Å². The molecular weight excluding hydrogens is 350 g/mol. The molecule has 28 heavy (non-hydrogen) atoms. The summed E-state index contributed by atoms with van der Waals surface area (Å²) >= 11 is 0. The van der Waals surface area contributed by atoms with Crippen molar-refractivity contribution in [1.82, 2.24) is 14.5 Å². The van der Waals surface area contributed by atoms with E-state index in [4.69, 9.17) is 4.74 Å². The van der Waals surface area contributed by atoms with Gasteiger partial charge in [0.05, 0.1) is 13.5 Å². The fraction of sp³-hybridized carbons (Fsp3) is 0.565.